The van der Waals surface area contributed by atoms with E-state index < -0.39 is 12.0 Å². The quantitative estimate of drug-likeness (QED) is 0.653. The lowest BCUT2D eigenvalue weighted by Gasteiger charge is -2.35. The molecule has 0 heterocycles. The largest absolute Gasteiger partial charge is 0.481 e. The van der Waals surface area contributed by atoms with Gasteiger partial charge in [-0.25, -0.2) is 4.79 Å². The Labute approximate surface area is 89.0 Å². The molecule has 0 aromatic carbocycles. The molecule has 0 aromatic heterocycles. The first-order valence-electron chi connectivity index (χ1n) is 5.29. The fourth-order valence-electron chi connectivity index (χ4n) is 2.31. The van der Waals surface area contributed by atoms with E-state index in [9.17, 15) is 9.59 Å². The number of hydrogen-bond donors (Lipinski definition) is 3. The number of nitrogens with two attached hydrogens (primary N) is 1. The summed E-state index contributed by atoms with van der Waals surface area (Å²) < 4.78 is 0. The number of carbonyl (C=O) groups excluding carboxylic acids is 1. The van der Waals surface area contributed by atoms with Crippen LogP contribution in [-0.4, -0.2) is 23.7 Å². The summed E-state index contributed by atoms with van der Waals surface area (Å²) in [4.78, 5) is 21.4. The highest BCUT2D eigenvalue weighted by molar-refractivity contribution is 5.72. The molecule has 0 saturated heterocycles. The van der Waals surface area contributed by atoms with Gasteiger partial charge in [-0.2, -0.15) is 0 Å². The van der Waals surface area contributed by atoms with Crippen molar-refractivity contribution < 1.29 is 14.7 Å². The number of carboxylic acid groups (broad SMARTS) is 1. The minimum Gasteiger partial charge on any atom is -0.481 e. The minimum atomic E-state index is -0.803. The molecule has 0 spiro atoms. The van der Waals surface area contributed by atoms with Crippen molar-refractivity contribution in [3.8, 4) is 0 Å². The molecule has 0 atom stereocenters. The van der Waals surface area contributed by atoms with Crippen molar-refractivity contribution >= 4 is 12.0 Å². The van der Waals surface area contributed by atoms with Gasteiger partial charge < -0.3 is 16.2 Å². The summed E-state index contributed by atoms with van der Waals surface area (Å²) in [5, 5.41) is 11.4. The normalized spacial score (nSPS) is 19.5. The van der Waals surface area contributed by atoms with Crippen LogP contribution >= 0.6 is 0 Å². The van der Waals surface area contributed by atoms with Crippen molar-refractivity contribution in [3.05, 3.63) is 0 Å². The number of urea groups is 1. The van der Waals surface area contributed by atoms with Gasteiger partial charge in [0.1, 0.15) is 0 Å². The molecule has 1 aliphatic rings. The molecule has 0 radical (unpaired) electrons. The third-order valence-electron chi connectivity index (χ3n) is 3.08. The van der Waals surface area contributed by atoms with Gasteiger partial charge in [0, 0.05) is 6.54 Å². The van der Waals surface area contributed by atoms with Gasteiger partial charge in [-0.3, -0.25) is 4.79 Å². The number of amides is 2. The maximum absolute atomic E-state index is 10.8. The summed E-state index contributed by atoms with van der Waals surface area (Å²) in [6, 6.07) is -0.578. The first kappa shape index (κ1) is 11.8. The third-order valence-corrected chi connectivity index (χ3v) is 3.08. The maximum atomic E-state index is 10.8. The molecule has 4 N–H and O–H groups in total. The molecule has 1 saturated carbocycles. The van der Waals surface area contributed by atoms with Gasteiger partial charge in [-0.15, -0.1) is 0 Å². The molecule has 1 fully saturated rings. The Bertz CT molecular complexity index is 247. The molecule has 15 heavy (non-hydrogen) atoms. The zero-order chi connectivity index (χ0) is 11.3. The number of carbonyl (C=O) groups is 2. The van der Waals surface area contributed by atoms with E-state index in [0.717, 1.165) is 32.1 Å². The van der Waals surface area contributed by atoms with Crippen LogP contribution in [0.1, 0.15) is 38.5 Å². The highest BCUT2D eigenvalue weighted by Gasteiger charge is 2.34. The average Bonchev–Trinajstić information content (AvgIpc) is 2.15. The van der Waals surface area contributed by atoms with E-state index in [-0.39, 0.29) is 11.8 Å². The predicted octanol–water partition coefficient (Wildman–Crippen LogP) is 1.08. The van der Waals surface area contributed by atoms with Crippen LogP contribution in [0.3, 0.4) is 0 Å². The van der Waals surface area contributed by atoms with Gasteiger partial charge in [0.15, 0.2) is 0 Å². The van der Waals surface area contributed by atoms with Crippen LogP contribution in [0.2, 0.25) is 0 Å². The Morgan fingerprint density at radius 3 is 2.33 bits per heavy atom. The van der Waals surface area contributed by atoms with Crippen LogP contribution in [0.4, 0.5) is 4.79 Å². The number of carboxylic acids is 1. The predicted molar refractivity (Wildman–Crippen MR) is 55.4 cm³/mol. The average molecular weight is 214 g/mol. The van der Waals surface area contributed by atoms with Crippen molar-refractivity contribution in [2.75, 3.05) is 6.54 Å². The Balaban J connectivity index is 2.57. The van der Waals surface area contributed by atoms with Crippen molar-refractivity contribution in [1.82, 2.24) is 5.32 Å². The number of rotatable bonds is 4. The Morgan fingerprint density at radius 2 is 1.87 bits per heavy atom. The highest BCUT2D eigenvalue weighted by atomic mass is 16.4. The van der Waals surface area contributed by atoms with E-state index in [4.69, 9.17) is 10.8 Å². The number of primary amides is 1. The maximum Gasteiger partial charge on any atom is 0.312 e. The summed E-state index contributed by atoms with van der Waals surface area (Å²) in [6.07, 6.45) is 5.06. The third kappa shape index (κ3) is 3.77. The molecular weight excluding hydrogens is 196 g/mol. The molecule has 0 unspecified atom stereocenters. The van der Waals surface area contributed by atoms with Crippen LogP contribution in [0, 0.1) is 5.41 Å². The van der Waals surface area contributed by atoms with Gasteiger partial charge in [0.2, 0.25) is 0 Å². The van der Waals surface area contributed by atoms with Gasteiger partial charge in [-0.1, -0.05) is 19.3 Å². The first-order valence-corrected chi connectivity index (χ1v) is 5.29. The highest BCUT2D eigenvalue weighted by Crippen LogP contribution is 2.38. The fraction of sp³-hybridized carbons (Fsp3) is 0.800. The van der Waals surface area contributed by atoms with Gasteiger partial charge in [-0.05, 0) is 18.3 Å². The molecule has 0 aromatic rings. The smallest absolute Gasteiger partial charge is 0.312 e. The number of hydrogen-bond acceptors (Lipinski definition) is 2. The second-order valence-electron chi connectivity index (χ2n) is 4.35. The Morgan fingerprint density at radius 1 is 1.27 bits per heavy atom. The molecule has 0 aliphatic heterocycles. The van der Waals surface area contributed by atoms with Gasteiger partial charge in [0.25, 0.3) is 0 Å². The SMILES string of the molecule is NC(=O)NCC1(CC(=O)O)CCCCC1. The lowest BCUT2D eigenvalue weighted by atomic mass is 9.72. The summed E-state index contributed by atoms with van der Waals surface area (Å²) in [5.74, 6) is -0.803. The first-order chi connectivity index (χ1) is 7.04. The molecule has 5 nitrogen and oxygen atoms in total. The van der Waals surface area contributed by atoms with Gasteiger partial charge in [0.05, 0.1) is 6.42 Å². The zero-order valence-electron chi connectivity index (χ0n) is 8.79. The van der Waals surface area contributed by atoms with E-state index in [1.807, 2.05) is 0 Å². The monoisotopic (exact) mass is 214 g/mol. The van der Waals surface area contributed by atoms with Crippen LogP contribution in [0.5, 0.6) is 0 Å². The van der Waals surface area contributed by atoms with Crippen molar-refractivity contribution in [2.24, 2.45) is 11.1 Å². The molecule has 1 aliphatic carbocycles. The summed E-state index contributed by atoms with van der Waals surface area (Å²) >= 11 is 0. The van der Waals surface area contributed by atoms with Gasteiger partial charge >= 0.3 is 12.0 Å². The topological polar surface area (TPSA) is 92.4 Å². The van der Waals surface area contributed by atoms with Crippen molar-refractivity contribution in [1.29, 1.82) is 0 Å². The van der Waals surface area contributed by atoms with Crippen LogP contribution in [0.15, 0.2) is 0 Å². The number of aliphatic carboxylic acids is 1. The van der Waals surface area contributed by atoms with E-state index >= 15 is 0 Å². The molecule has 5 heteroatoms. The van der Waals surface area contributed by atoms with E-state index in [2.05, 4.69) is 5.32 Å². The second kappa shape index (κ2) is 5.00. The van der Waals surface area contributed by atoms with Crippen molar-refractivity contribution in [3.63, 3.8) is 0 Å². The van der Waals surface area contributed by atoms with E-state index in [1.165, 1.54) is 0 Å². The molecular formula is C10H18N2O3. The van der Waals surface area contributed by atoms with E-state index in [0.29, 0.717) is 6.54 Å². The molecule has 86 valence electrons. The lowest BCUT2D eigenvalue weighted by Crippen LogP contribution is -2.42. The van der Waals surface area contributed by atoms with Crippen LogP contribution < -0.4 is 11.1 Å². The lowest BCUT2D eigenvalue weighted by molar-refractivity contribution is -0.140. The standard InChI is InChI=1S/C10H18N2O3/c11-9(15)12-7-10(6-8(13)14)4-2-1-3-5-10/h1-7H2,(H,13,14)(H3,11,12,15). The van der Waals surface area contributed by atoms with E-state index in [1.54, 1.807) is 0 Å². The molecule has 2 amide bonds. The Hall–Kier alpha value is -1.26. The second-order valence-corrected chi connectivity index (χ2v) is 4.35. The van der Waals surface area contributed by atoms with Crippen molar-refractivity contribution in [2.45, 2.75) is 38.5 Å². The summed E-state index contributed by atoms with van der Waals surface area (Å²) in [7, 11) is 0. The fourth-order valence-corrected chi connectivity index (χ4v) is 2.31. The molecule has 1 rings (SSSR count). The summed E-state index contributed by atoms with van der Waals surface area (Å²) in [5.41, 5.74) is 4.72. The Kier molecular flexibility index (Phi) is 3.94. The zero-order valence-corrected chi connectivity index (χ0v) is 8.79. The van der Waals surface area contributed by atoms with Crippen LogP contribution in [0.25, 0.3) is 0 Å². The van der Waals surface area contributed by atoms with Crippen LogP contribution in [-0.2, 0) is 4.79 Å². The number of nitrogens with one attached hydrogen (secondary N) is 1. The molecule has 0 bridgehead atoms. The summed E-state index contributed by atoms with van der Waals surface area (Å²) in [6.45, 7) is 0.384. The minimum absolute atomic E-state index is 0.118.